The minimum atomic E-state index is 0.865. The van der Waals surface area contributed by atoms with E-state index in [1.165, 1.54) is 0 Å². The number of nitrogens with zero attached hydrogens (tertiary/aromatic N) is 1. The molecule has 74 valence electrons. The van der Waals surface area contributed by atoms with Gasteiger partial charge in [0.25, 0.3) is 0 Å². The lowest BCUT2D eigenvalue weighted by molar-refractivity contribution is 0.362. The molecular formula is C11H25N. The monoisotopic (exact) mass is 171 g/mol. The van der Waals surface area contributed by atoms with Gasteiger partial charge in [-0.05, 0) is 13.6 Å². The Labute approximate surface area is 79.2 Å². The first-order valence-electron chi connectivity index (χ1n) is 4.93. The zero-order chi connectivity index (χ0) is 10.4. The molecule has 1 heteroatoms. The molecule has 0 aromatic rings. The Balaban J connectivity index is -0.000000175. The highest BCUT2D eigenvalue weighted by molar-refractivity contribution is 4.84. The summed E-state index contributed by atoms with van der Waals surface area (Å²) in [5.74, 6) is 2.59. The fourth-order valence-corrected chi connectivity index (χ4v) is 0.414. The molecule has 0 aliphatic carbocycles. The predicted octanol–water partition coefficient (Wildman–Crippen LogP) is 3.01. The number of hydrogen-bond donors (Lipinski definition) is 0. The summed E-state index contributed by atoms with van der Waals surface area (Å²) < 4.78 is 0. The molecule has 0 radical (unpaired) electrons. The largest absolute Gasteiger partial charge is 0.306 e. The maximum Gasteiger partial charge on any atom is 0.0214 e. The number of rotatable bonds is 3. The first-order valence-corrected chi connectivity index (χ1v) is 4.93. The van der Waals surface area contributed by atoms with Crippen LogP contribution in [0.25, 0.3) is 0 Å². The fourth-order valence-electron chi connectivity index (χ4n) is 0.414. The Morgan fingerprint density at radius 2 is 1.58 bits per heavy atom. The number of terminal acetylenes is 1. The van der Waals surface area contributed by atoms with Gasteiger partial charge < -0.3 is 4.90 Å². The van der Waals surface area contributed by atoms with Crippen molar-refractivity contribution in [1.82, 2.24) is 4.90 Å². The van der Waals surface area contributed by atoms with E-state index in [9.17, 15) is 0 Å². The lowest BCUT2D eigenvalue weighted by atomic mass is 10.4. The van der Waals surface area contributed by atoms with E-state index in [4.69, 9.17) is 6.42 Å². The van der Waals surface area contributed by atoms with Gasteiger partial charge in [-0.15, -0.1) is 12.3 Å². The van der Waals surface area contributed by atoms with Gasteiger partial charge in [0.05, 0.1) is 0 Å². The van der Waals surface area contributed by atoms with Gasteiger partial charge in [0.1, 0.15) is 0 Å². The van der Waals surface area contributed by atoms with Crippen molar-refractivity contribution < 1.29 is 0 Å². The van der Waals surface area contributed by atoms with E-state index in [1.807, 2.05) is 27.7 Å². The van der Waals surface area contributed by atoms with Crippen LogP contribution in [0.5, 0.6) is 0 Å². The molecule has 0 aromatic carbocycles. The van der Waals surface area contributed by atoms with Gasteiger partial charge in [0.2, 0.25) is 0 Å². The van der Waals surface area contributed by atoms with E-state index >= 15 is 0 Å². The summed E-state index contributed by atoms with van der Waals surface area (Å²) in [5, 5.41) is 0. The molecule has 0 atom stereocenters. The average molecular weight is 171 g/mol. The van der Waals surface area contributed by atoms with Crippen molar-refractivity contribution in [2.75, 3.05) is 20.1 Å². The molecule has 0 rings (SSSR count). The predicted molar refractivity (Wildman–Crippen MR) is 59.3 cm³/mol. The molecule has 0 N–H and O–H groups in total. The molecule has 1 nitrogen and oxygen atoms in total. The van der Waals surface area contributed by atoms with Crippen LogP contribution >= 0.6 is 0 Å². The molecule has 0 fully saturated rings. The van der Waals surface area contributed by atoms with E-state index in [1.54, 1.807) is 0 Å². The van der Waals surface area contributed by atoms with Crippen LogP contribution in [0.1, 0.15) is 41.0 Å². The van der Waals surface area contributed by atoms with Gasteiger partial charge >= 0.3 is 0 Å². The molecule has 0 aliphatic rings. The van der Waals surface area contributed by atoms with Crippen LogP contribution in [0.4, 0.5) is 0 Å². The molecule has 0 bridgehead atoms. The number of hydrogen-bond acceptors (Lipinski definition) is 1. The molecule has 0 aromatic heterocycles. The molecule has 12 heavy (non-hydrogen) atoms. The van der Waals surface area contributed by atoms with Crippen LogP contribution in [-0.2, 0) is 0 Å². The minimum Gasteiger partial charge on any atom is -0.306 e. The van der Waals surface area contributed by atoms with Gasteiger partial charge in [-0.25, -0.2) is 0 Å². The second-order valence-electron chi connectivity index (χ2n) is 1.85. The highest BCUT2D eigenvalue weighted by Gasteiger charge is 1.88. The average Bonchev–Trinajstić information content (AvgIpc) is 2.20. The van der Waals surface area contributed by atoms with Crippen molar-refractivity contribution in [2.45, 2.75) is 41.0 Å². The van der Waals surface area contributed by atoms with Gasteiger partial charge in [-0.3, -0.25) is 0 Å². The Morgan fingerprint density at radius 1 is 1.17 bits per heavy atom. The second-order valence-corrected chi connectivity index (χ2v) is 1.85. The third-order valence-corrected chi connectivity index (χ3v) is 1.18. The maximum absolute atomic E-state index is 5.05. The Bertz CT molecular complexity index is 81.5. The van der Waals surface area contributed by atoms with Crippen LogP contribution in [-0.4, -0.2) is 25.0 Å². The van der Waals surface area contributed by atoms with E-state index in [0.717, 1.165) is 19.5 Å². The van der Waals surface area contributed by atoms with Crippen molar-refractivity contribution in [3.63, 3.8) is 0 Å². The summed E-state index contributed by atoms with van der Waals surface area (Å²) in [4.78, 5) is 2.19. The first-order chi connectivity index (χ1) is 5.81. The fraction of sp³-hybridized carbons (Fsp3) is 0.818. The molecule has 0 aliphatic heterocycles. The lowest BCUT2D eigenvalue weighted by Crippen LogP contribution is -2.18. The van der Waals surface area contributed by atoms with Crippen molar-refractivity contribution in [1.29, 1.82) is 0 Å². The van der Waals surface area contributed by atoms with Crippen molar-refractivity contribution in [3.8, 4) is 12.3 Å². The normalized spacial score (nSPS) is 7.17. The van der Waals surface area contributed by atoms with Gasteiger partial charge in [0.15, 0.2) is 0 Å². The Kier molecular flexibility index (Phi) is 32.8. The SMILES string of the molecule is C#CCCN(C)CC.CC.CC. The quantitative estimate of drug-likeness (QED) is 0.590. The van der Waals surface area contributed by atoms with Crippen molar-refractivity contribution in [3.05, 3.63) is 0 Å². The maximum atomic E-state index is 5.05. The summed E-state index contributed by atoms with van der Waals surface area (Å²) in [6.07, 6.45) is 5.92. The van der Waals surface area contributed by atoms with Crippen LogP contribution < -0.4 is 0 Å². The summed E-state index contributed by atoms with van der Waals surface area (Å²) in [6, 6.07) is 0. The highest BCUT2D eigenvalue weighted by Crippen LogP contribution is 1.82. The summed E-state index contributed by atoms with van der Waals surface area (Å²) in [5.41, 5.74) is 0. The van der Waals surface area contributed by atoms with E-state index in [0.29, 0.717) is 0 Å². The van der Waals surface area contributed by atoms with Crippen molar-refractivity contribution >= 4 is 0 Å². The van der Waals surface area contributed by atoms with E-state index < -0.39 is 0 Å². The van der Waals surface area contributed by atoms with E-state index in [-0.39, 0.29) is 0 Å². The standard InChI is InChI=1S/C7H13N.2C2H6/c1-4-6-7-8(3)5-2;2*1-2/h1H,5-7H2,2-3H3;2*1-2H3. The molecule has 0 saturated carbocycles. The molecule has 0 amide bonds. The van der Waals surface area contributed by atoms with Gasteiger partial charge in [-0.1, -0.05) is 34.6 Å². The minimum absolute atomic E-state index is 0.865. The third-order valence-electron chi connectivity index (χ3n) is 1.18. The summed E-state index contributed by atoms with van der Waals surface area (Å²) in [7, 11) is 2.07. The van der Waals surface area contributed by atoms with Crippen molar-refractivity contribution in [2.24, 2.45) is 0 Å². The van der Waals surface area contributed by atoms with Gasteiger partial charge in [0, 0.05) is 13.0 Å². The molecule has 0 heterocycles. The second kappa shape index (κ2) is 22.4. The Hall–Kier alpha value is -0.480. The van der Waals surface area contributed by atoms with Gasteiger partial charge in [-0.2, -0.15) is 0 Å². The Morgan fingerprint density at radius 3 is 1.83 bits per heavy atom. The van der Waals surface area contributed by atoms with Crippen LogP contribution in [0.3, 0.4) is 0 Å². The smallest absolute Gasteiger partial charge is 0.0214 e. The van der Waals surface area contributed by atoms with Crippen LogP contribution in [0.2, 0.25) is 0 Å². The topological polar surface area (TPSA) is 3.24 Å². The van der Waals surface area contributed by atoms with E-state index in [2.05, 4.69) is 24.8 Å². The first kappa shape index (κ1) is 17.6. The third kappa shape index (κ3) is 22.7. The molecule has 0 unspecified atom stereocenters. The zero-order valence-corrected chi connectivity index (χ0v) is 9.65. The lowest BCUT2D eigenvalue weighted by Gasteiger charge is -2.09. The molecule has 0 spiro atoms. The van der Waals surface area contributed by atoms with Crippen LogP contribution in [0.15, 0.2) is 0 Å². The van der Waals surface area contributed by atoms with Crippen LogP contribution in [0, 0.1) is 12.3 Å². The summed E-state index contributed by atoms with van der Waals surface area (Å²) in [6.45, 7) is 12.2. The molecular weight excluding hydrogens is 146 g/mol. The molecule has 0 saturated heterocycles. The highest BCUT2D eigenvalue weighted by atomic mass is 15.1. The zero-order valence-electron chi connectivity index (χ0n) is 9.65. The summed E-state index contributed by atoms with van der Waals surface area (Å²) >= 11 is 0.